The predicted octanol–water partition coefficient (Wildman–Crippen LogP) is 1.75. The van der Waals surface area contributed by atoms with Crippen molar-refractivity contribution in [3.05, 3.63) is 35.9 Å². The number of nitrogens with zero attached hydrogens (tertiary/aromatic N) is 2. The monoisotopic (exact) mass is 291 g/mol. The van der Waals surface area contributed by atoms with Crippen LogP contribution in [0.15, 0.2) is 30.3 Å². The van der Waals surface area contributed by atoms with Gasteiger partial charge in [0, 0.05) is 19.6 Å². The summed E-state index contributed by atoms with van der Waals surface area (Å²) in [7, 11) is 4.04. The van der Waals surface area contributed by atoms with Gasteiger partial charge in [-0.2, -0.15) is 0 Å². The Bertz CT molecular complexity index is 406. The van der Waals surface area contributed by atoms with Gasteiger partial charge in [0.05, 0.1) is 6.04 Å². The Morgan fingerprint density at radius 3 is 2.38 bits per heavy atom. The molecule has 4 nitrogen and oxygen atoms in total. The number of likely N-dealkylation sites (N-methyl/N-ethyl adjacent to an activating group) is 1. The topological polar surface area (TPSA) is 49.6 Å². The summed E-state index contributed by atoms with van der Waals surface area (Å²) in [6, 6.07) is 9.78. The fourth-order valence-electron chi connectivity index (χ4n) is 2.25. The highest BCUT2D eigenvalue weighted by Gasteiger charge is 2.20. The number of hydrogen-bond acceptors (Lipinski definition) is 3. The third kappa shape index (κ3) is 6.74. The standard InChI is InChI=1S/C17H29N3O/c1-4-12-20(14-13-19(2)3)17(21)16(18)11-10-15-8-6-5-7-9-15/h5-9,16H,4,10-14,18H2,1-3H3. The zero-order chi connectivity index (χ0) is 15.7. The highest BCUT2D eigenvalue weighted by atomic mass is 16.2. The second-order valence-corrected chi connectivity index (χ2v) is 5.76. The average Bonchev–Trinajstić information content (AvgIpc) is 2.49. The number of aryl methyl sites for hydroxylation is 1. The molecule has 1 atom stereocenters. The Balaban J connectivity index is 2.48. The van der Waals surface area contributed by atoms with Crippen molar-refractivity contribution in [3.8, 4) is 0 Å². The smallest absolute Gasteiger partial charge is 0.239 e. The maximum Gasteiger partial charge on any atom is 0.239 e. The Morgan fingerprint density at radius 1 is 1.14 bits per heavy atom. The molecule has 0 radical (unpaired) electrons. The number of nitrogens with two attached hydrogens (primary N) is 1. The number of amides is 1. The minimum atomic E-state index is -0.404. The van der Waals surface area contributed by atoms with Gasteiger partial charge in [-0.1, -0.05) is 37.3 Å². The lowest BCUT2D eigenvalue weighted by molar-refractivity contribution is -0.132. The summed E-state index contributed by atoms with van der Waals surface area (Å²) < 4.78 is 0. The van der Waals surface area contributed by atoms with Gasteiger partial charge in [0.15, 0.2) is 0 Å². The molecule has 0 heterocycles. The first-order valence-corrected chi connectivity index (χ1v) is 7.77. The molecule has 21 heavy (non-hydrogen) atoms. The largest absolute Gasteiger partial charge is 0.340 e. The SMILES string of the molecule is CCCN(CCN(C)C)C(=O)C(N)CCc1ccccc1. The number of benzene rings is 1. The fourth-order valence-corrected chi connectivity index (χ4v) is 2.25. The van der Waals surface area contributed by atoms with Crippen molar-refractivity contribution in [2.75, 3.05) is 33.7 Å². The molecule has 118 valence electrons. The summed E-state index contributed by atoms with van der Waals surface area (Å²) in [5.74, 6) is 0.0784. The number of hydrogen-bond donors (Lipinski definition) is 1. The molecule has 1 rings (SSSR count). The van der Waals surface area contributed by atoms with Crippen LogP contribution in [0.1, 0.15) is 25.3 Å². The van der Waals surface area contributed by atoms with E-state index in [4.69, 9.17) is 5.73 Å². The molecule has 0 bridgehead atoms. The molecule has 0 saturated carbocycles. The summed E-state index contributed by atoms with van der Waals surface area (Å²) in [6.45, 7) is 4.49. The molecule has 1 aromatic rings. The molecule has 0 aliphatic carbocycles. The van der Waals surface area contributed by atoms with Crippen molar-refractivity contribution in [2.45, 2.75) is 32.2 Å². The Kier molecular flexibility index (Phi) is 8.01. The van der Waals surface area contributed by atoms with E-state index >= 15 is 0 Å². The van der Waals surface area contributed by atoms with Crippen LogP contribution in [0.2, 0.25) is 0 Å². The quantitative estimate of drug-likeness (QED) is 0.754. The van der Waals surface area contributed by atoms with Crippen LogP contribution in [0.3, 0.4) is 0 Å². The normalized spacial score (nSPS) is 12.4. The zero-order valence-electron chi connectivity index (χ0n) is 13.6. The fraction of sp³-hybridized carbons (Fsp3) is 0.588. The molecule has 4 heteroatoms. The summed E-state index contributed by atoms with van der Waals surface area (Å²) >= 11 is 0. The van der Waals surface area contributed by atoms with Crippen LogP contribution in [0.5, 0.6) is 0 Å². The molecule has 1 amide bonds. The first-order valence-electron chi connectivity index (χ1n) is 7.77. The van der Waals surface area contributed by atoms with Gasteiger partial charge in [0.2, 0.25) is 5.91 Å². The van der Waals surface area contributed by atoms with Crippen LogP contribution in [0.25, 0.3) is 0 Å². The van der Waals surface area contributed by atoms with E-state index in [2.05, 4.69) is 24.0 Å². The molecule has 0 aliphatic heterocycles. The van der Waals surface area contributed by atoms with Gasteiger partial charge in [-0.05, 0) is 38.9 Å². The molecule has 2 N–H and O–H groups in total. The van der Waals surface area contributed by atoms with Crippen molar-refractivity contribution >= 4 is 5.91 Å². The van der Waals surface area contributed by atoms with Gasteiger partial charge < -0.3 is 15.5 Å². The van der Waals surface area contributed by atoms with Crippen LogP contribution >= 0.6 is 0 Å². The number of carbonyl (C=O) groups is 1. The molecule has 0 fully saturated rings. The van der Waals surface area contributed by atoms with Crippen molar-refractivity contribution < 1.29 is 4.79 Å². The lowest BCUT2D eigenvalue weighted by atomic mass is 10.0. The Morgan fingerprint density at radius 2 is 1.81 bits per heavy atom. The first-order chi connectivity index (χ1) is 10.0. The molecule has 1 aromatic carbocycles. The van der Waals surface area contributed by atoms with Crippen LogP contribution < -0.4 is 5.73 Å². The third-order valence-electron chi connectivity index (χ3n) is 3.53. The summed E-state index contributed by atoms with van der Waals surface area (Å²) in [5, 5.41) is 0. The van der Waals surface area contributed by atoms with E-state index in [0.29, 0.717) is 6.42 Å². The molecule has 0 aromatic heterocycles. The van der Waals surface area contributed by atoms with E-state index < -0.39 is 6.04 Å². The van der Waals surface area contributed by atoms with Crippen LogP contribution in [0, 0.1) is 0 Å². The van der Waals surface area contributed by atoms with Gasteiger partial charge in [0.1, 0.15) is 0 Å². The van der Waals surface area contributed by atoms with E-state index in [0.717, 1.165) is 32.5 Å². The second kappa shape index (κ2) is 9.53. The number of rotatable bonds is 9. The van der Waals surface area contributed by atoms with E-state index in [1.165, 1.54) is 5.56 Å². The van der Waals surface area contributed by atoms with Crippen LogP contribution in [-0.2, 0) is 11.2 Å². The van der Waals surface area contributed by atoms with Gasteiger partial charge in [-0.25, -0.2) is 0 Å². The van der Waals surface area contributed by atoms with Crippen LogP contribution in [0.4, 0.5) is 0 Å². The predicted molar refractivity (Wildman–Crippen MR) is 88.2 cm³/mol. The summed E-state index contributed by atoms with van der Waals surface area (Å²) in [5.41, 5.74) is 7.33. The second-order valence-electron chi connectivity index (χ2n) is 5.76. The van der Waals surface area contributed by atoms with Crippen molar-refractivity contribution in [3.63, 3.8) is 0 Å². The maximum absolute atomic E-state index is 12.4. The van der Waals surface area contributed by atoms with Gasteiger partial charge >= 0.3 is 0 Å². The highest BCUT2D eigenvalue weighted by molar-refractivity contribution is 5.81. The average molecular weight is 291 g/mol. The summed E-state index contributed by atoms with van der Waals surface area (Å²) in [4.78, 5) is 16.4. The van der Waals surface area contributed by atoms with Crippen LogP contribution in [-0.4, -0.2) is 55.5 Å². The maximum atomic E-state index is 12.4. The molecule has 1 unspecified atom stereocenters. The number of carbonyl (C=O) groups excluding carboxylic acids is 1. The van der Waals surface area contributed by atoms with Gasteiger partial charge in [-0.3, -0.25) is 4.79 Å². The van der Waals surface area contributed by atoms with Crippen molar-refractivity contribution in [1.82, 2.24) is 9.80 Å². The molecular weight excluding hydrogens is 262 g/mol. The van der Waals surface area contributed by atoms with Gasteiger partial charge in [0.25, 0.3) is 0 Å². The summed E-state index contributed by atoms with van der Waals surface area (Å²) in [6.07, 6.45) is 2.51. The third-order valence-corrected chi connectivity index (χ3v) is 3.53. The minimum absolute atomic E-state index is 0.0784. The molecular formula is C17H29N3O. The first kappa shape index (κ1) is 17.7. The minimum Gasteiger partial charge on any atom is -0.340 e. The lowest BCUT2D eigenvalue weighted by Gasteiger charge is -2.26. The van der Waals surface area contributed by atoms with E-state index in [-0.39, 0.29) is 5.91 Å². The lowest BCUT2D eigenvalue weighted by Crippen LogP contribution is -2.46. The van der Waals surface area contributed by atoms with Crippen molar-refractivity contribution in [1.29, 1.82) is 0 Å². The molecule has 0 aliphatic rings. The van der Waals surface area contributed by atoms with Crippen molar-refractivity contribution in [2.24, 2.45) is 5.73 Å². The zero-order valence-corrected chi connectivity index (χ0v) is 13.6. The van der Waals surface area contributed by atoms with E-state index in [1.54, 1.807) is 0 Å². The van der Waals surface area contributed by atoms with E-state index in [1.807, 2.05) is 37.2 Å². The highest BCUT2D eigenvalue weighted by Crippen LogP contribution is 2.06. The Labute approximate surface area is 128 Å². The van der Waals surface area contributed by atoms with Gasteiger partial charge in [-0.15, -0.1) is 0 Å². The molecule has 0 spiro atoms. The van der Waals surface area contributed by atoms with E-state index in [9.17, 15) is 4.79 Å². The molecule has 0 saturated heterocycles. The Hall–Kier alpha value is -1.39.